The summed E-state index contributed by atoms with van der Waals surface area (Å²) in [6, 6.07) is 4.52. The Morgan fingerprint density at radius 3 is 2.94 bits per heavy atom. The van der Waals surface area contributed by atoms with Crippen molar-refractivity contribution >= 4 is 27.5 Å². The van der Waals surface area contributed by atoms with Gasteiger partial charge in [0.2, 0.25) is 0 Å². The molecule has 2 rings (SSSR count). The third-order valence-electron chi connectivity index (χ3n) is 2.61. The van der Waals surface area contributed by atoms with Gasteiger partial charge < -0.3 is 10.0 Å². The van der Waals surface area contributed by atoms with Crippen molar-refractivity contribution in [2.24, 2.45) is 0 Å². The molecule has 0 bridgehead atoms. The largest absolute Gasteiger partial charge is 0.383 e. The maximum atomic E-state index is 13.6. The van der Waals surface area contributed by atoms with E-state index in [1.807, 2.05) is 0 Å². The number of aliphatic hydroxyl groups excluding tert-OH is 1. The van der Waals surface area contributed by atoms with E-state index in [9.17, 15) is 14.3 Å². The van der Waals surface area contributed by atoms with Crippen LogP contribution in [0.15, 0.2) is 22.7 Å². The monoisotopic (exact) mass is 287 g/mol. The maximum absolute atomic E-state index is 13.6. The minimum atomic E-state index is -1.00. The average Bonchev–Trinajstić information content (AvgIpc) is 2.23. The normalized spacial score (nSPS) is 21.3. The van der Waals surface area contributed by atoms with Gasteiger partial charge in [0.05, 0.1) is 5.69 Å². The third kappa shape index (κ3) is 2.10. The smallest absolute Gasteiger partial charge is 0.255 e. The number of anilines is 1. The number of rotatable bonds is 1. The summed E-state index contributed by atoms with van der Waals surface area (Å²) in [7, 11) is 0. The van der Waals surface area contributed by atoms with Crippen LogP contribution >= 0.6 is 15.9 Å². The minimum Gasteiger partial charge on any atom is -0.383 e. The number of halogens is 2. The number of carbonyl (C=O) groups excluding carboxylic acids is 1. The fourth-order valence-corrected chi connectivity index (χ4v) is 2.13. The van der Waals surface area contributed by atoms with Crippen molar-refractivity contribution < 1.29 is 14.3 Å². The van der Waals surface area contributed by atoms with E-state index >= 15 is 0 Å². The Hall–Kier alpha value is -0.940. The second kappa shape index (κ2) is 4.51. The number of hydrogen-bond acceptors (Lipinski definition) is 2. The zero-order valence-corrected chi connectivity index (χ0v) is 10.1. The van der Waals surface area contributed by atoms with Gasteiger partial charge in [-0.1, -0.05) is 15.9 Å². The number of benzene rings is 1. The summed E-state index contributed by atoms with van der Waals surface area (Å²) in [6.07, 6.45) is 0.132. The van der Waals surface area contributed by atoms with Crippen LogP contribution in [0.5, 0.6) is 0 Å². The first kappa shape index (κ1) is 11.5. The molecule has 0 radical (unpaired) electrons. The highest BCUT2D eigenvalue weighted by atomic mass is 79.9. The lowest BCUT2D eigenvalue weighted by Gasteiger charge is -2.30. The molecule has 16 heavy (non-hydrogen) atoms. The lowest BCUT2D eigenvalue weighted by Crippen LogP contribution is -2.44. The molecule has 1 aliphatic rings. The van der Waals surface area contributed by atoms with Crippen LogP contribution in [-0.4, -0.2) is 23.7 Å². The number of carbonyl (C=O) groups is 1. The van der Waals surface area contributed by atoms with Crippen molar-refractivity contribution in [1.82, 2.24) is 0 Å². The number of aliphatic hydroxyl groups is 1. The van der Waals surface area contributed by atoms with Gasteiger partial charge in [-0.2, -0.15) is 0 Å². The van der Waals surface area contributed by atoms with E-state index in [1.165, 1.54) is 17.0 Å². The molecule has 1 N–H and O–H groups in total. The molecular weight excluding hydrogens is 277 g/mol. The molecular formula is C11H11BrFNO2. The first-order chi connectivity index (χ1) is 7.59. The van der Waals surface area contributed by atoms with Gasteiger partial charge >= 0.3 is 0 Å². The van der Waals surface area contributed by atoms with Gasteiger partial charge in [-0.3, -0.25) is 4.79 Å². The Balaban J connectivity index is 2.32. The van der Waals surface area contributed by atoms with Gasteiger partial charge in [-0.15, -0.1) is 0 Å². The summed E-state index contributed by atoms with van der Waals surface area (Å²) in [4.78, 5) is 13.0. The van der Waals surface area contributed by atoms with Crippen LogP contribution in [0.4, 0.5) is 10.1 Å². The van der Waals surface area contributed by atoms with Gasteiger partial charge in [0, 0.05) is 11.0 Å². The zero-order valence-electron chi connectivity index (χ0n) is 8.49. The molecule has 1 aliphatic heterocycles. The van der Waals surface area contributed by atoms with Crippen molar-refractivity contribution in [2.75, 3.05) is 11.4 Å². The fraction of sp³-hybridized carbons (Fsp3) is 0.364. The predicted octanol–water partition coefficient (Wildman–Crippen LogP) is 2.08. The van der Waals surface area contributed by atoms with Crippen LogP contribution in [0.25, 0.3) is 0 Å². The van der Waals surface area contributed by atoms with Crippen LogP contribution in [0.1, 0.15) is 12.8 Å². The minimum absolute atomic E-state index is 0.229. The topological polar surface area (TPSA) is 40.5 Å². The molecule has 0 aliphatic carbocycles. The Morgan fingerprint density at radius 1 is 1.50 bits per heavy atom. The quantitative estimate of drug-likeness (QED) is 0.859. The Bertz CT molecular complexity index is 424. The summed E-state index contributed by atoms with van der Waals surface area (Å²) in [5.74, 6) is -0.885. The molecule has 1 unspecified atom stereocenters. The number of amides is 1. The third-order valence-corrected chi connectivity index (χ3v) is 3.10. The predicted molar refractivity (Wildman–Crippen MR) is 61.7 cm³/mol. The van der Waals surface area contributed by atoms with Crippen LogP contribution in [0.2, 0.25) is 0 Å². The Labute approximate surface area is 101 Å². The maximum Gasteiger partial charge on any atom is 0.255 e. The van der Waals surface area contributed by atoms with Crippen molar-refractivity contribution in [1.29, 1.82) is 0 Å². The molecule has 3 nitrogen and oxygen atoms in total. The van der Waals surface area contributed by atoms with E-state index in [2.05, 4.69) is 15.9 Å². The summed E-state index contributed by atoms with van der Waals surface area (Å²) in [5.41, 5.74) is 0.229. The molecule has 1 atom stereocenters. The van der Waals surface area contributed by atoms with Crippen molar-refractivity contribution in [3.63, 3.8) is 0 Å². The van der Waals surface area contributed by atoms with Crippen molar-refractivity contribution in [3.8, 4) is 0 Å². The van der Waals surface area contributed by atoms with Gasteiger partial charge in [0.25, 0.3) is 5.91 Å². The standard InChI is InChI=1S/C11H11BrFNO2/c12-7-3-4-9(8(13)6-7)14-5-1-2-10(15)11(14)16/h3-4,6,10,15H,1-2,5H2. The van der Waals surface area contributed by atoms with Crippen LogP contribution in [0.3, 0.4) is 0 Å². The first-order valence-electron chi connectivity index (χ1n) is 5.04. The van der Waals surface area contributed by atoms with E-state index < -0.39 is 17.8 Å². The lowest BCUT2D eigenvalue weighted by molar-refractivity contribution is -0.128. The van der Waals surface area contributed by atoms with Crippen LogP contribution < -0.4 is 4.90 Å². The lowest BCUT2D eigenvalue weighted by atomic mass is 10.1. The molecule has 1 fully saturated rings. The van der Waals surface area contributed by atoms with Crippen LogP contribution in [-0.2, 0) is 4.79 Å². The fourth-order valence-electron chi connectivity index (χ4n) is 1.80. The van der Waals surface area contributed by atoms with E-state index in [-0.39, 0.29) is 5.69 Å². The number of hydrogen-bond donors (Lipinski definition) is 1. The zero-order chi connectivity index (χ0) is 11.7. The SMILES string of the molecule is O=C1C(O)CCCN1c1ccc(Br)cc1F. The van der Waals surface area contributed by atoms with E-state index in [4.69, 9.17) is 0 Å². The summed E-state index contributed by atoms with van der Waals surface area (Å²) >= 11 is 3.15. The molecule has 0 saturated carbocycles. The van der Waals surface area contributed by atoms with Gasteiger partial charge in [-0.05, 0) is 31.0 Å². The molecule has 1 aromatic carbocycles. The second-order valence-corrected chi connectivity index (χ2v) is 4.66. The molecule has 0 spiro atoms. The van der Waals surface area contributed by atoms with Crippen molar-refractivity contribution in [2.45, 2.75) is 18.9 Å². The summed E-state index contributed by atoms with van der Waals surface area (Å²) in [5, 5.41) is 9.43. The van der Waals surface area contributed by atoms with Crippen LogP contribution in [0, 0.1) is 5.82 Å². The number of piperidine rings is 1. The van der Waals surface area contributed by atoms with E-state index in [1.54, 1.807) is 6.07 Å². The Kier molecular flexibility index (Phi) is 3.25. The Morgan fingerprint density at radius 2 is 2.25 bits per heavy atom. The van der Waals surface area contributed by atoms with E-state index in [0.29, 0.717) is 23.9 Å². The molecule has 86 valence electrons. The number of nitrogens with zero attached hydrogens (tertiary/aromatic N) is 1. The molecule has 1 amide bonds. The first-order valence-corrected chi connectivity index (χ1v) is 5.83. The van der Waals surface area contributed by atoms with Gasteiger partial charge in [0.15, 0.2) is 0 Å². The second-order valence-electron chi connectivity index (χ2n) is 3.74. The average molecular weight is 288 g/mol. The highest BCUT2D eigenvalue weighted by Crippen LogP contribution is 2.26. The molecule has 1 aromatic rings. The van der Waals surface area contributed by atoms with Gasteiger partial charge in [0.1, 0.15) is 11.9 Å². The molecule has 5 heteroatoms. The summed E-state index contributed by atoms with van der Waals surface area (Å²) < 4.78 is 14.3. The highest BCUT2D eigenvalue weighted by molar-refractivity contribution is 9.10. The molecule has 1 heterocycles. The highest BCUT2D eigenvalue weighted by Gasteiger charge is 2.29. The molecule has 0 aromatic heterocycles. The van der Waals surface area contributed by atoms with E-state index in [0.717, 1.165) is 0 Å². The van der Waals surface area contributed by atoms with Gasteiger partial charge in [-0.25, -0.2) is 4.39 Å². The van der Waals surface area contributed by atoms with Crippen molar-refractivity contribution in [3.05, 3.63) is 28.5 Å². The molecule has 1 saturated heterocycles. The summed E-state index contributed by atoms with van der Waals surface area (Å²) in [6.45, 7) is 0.453.